The normalized spacial score (nSPS) is 25.2. The van der Waals surface area contributed by atoms with Gasteiger partial charge in [-0.3, -0.25) is 19.7 Å². The SMILES string of the molecule is NC(=O)CN1CCC2(CC1)COC(Cc1cnccn1)C2. The quantitative estimate of drug-likeness (QED) is 0.866. The number of ether oxygens (including phenoxy) is 1. The average Bonchev–Trinajstić information content (AvgIpc) is 2.85. The molecule has 0 bridgehead atoms. The number of carbonyl (C=O) groups excluding carboxylic acids is 1. The predicted octanol–water partition coefficient (Wildman–Crippen LogP) is 0.376. The van der Waals surface area contributed by atoms with E-state index in [0.717, 1.165) is 51.1 Å². The monoisotopic (exact) mass is 290 g/mol. The van der Waals surface area contributed by atoms with Gasteiger partial charge in [0.05, 0.1) is 24.9 Å². The zero-order chi connectivity index (χ0) is 14.7. The Bertz CT molecular complexity index is 486. The van der Waals surface area contributed by atoms with Gasteiger partial charge in [-0.25, -0.2) is 0 Å². The van der Waals surface area contributed by atoms with Gasteiger partial charge in [-0.15, -0.1) is 0 Å². The van der Waals surface area contributed by atoms with Gasteiger partial charge in [-0.2, -0.15) is 0 Å². The highest BCUT2D eigenvalue weighted by atomic mass is 16.5. The van der Waals surface area contributed by atoms with Crippen LogP contribution in [0.4, 0.5) is 0 Å². The van der Waals surface area contributed by atoms with Gasteiger partial charge in [0.25, 0.3) is 0 Å². The highest BCUT2D eigenvalue weighted by molar-refractivity contribution is 5.75. The smallest absolute Gasteiger partial charge is 0.231 e. The molecule has 1 amide bonds. The van der Waals surface area contributed by atoms with Gasteiger partial charge >= 0.3 is 0 Å². The minimum atomic E-state index is -0.242. The molecule has 3 heterocycles. The van der Waals surface area contributed by atoms with Crippen molar-refractivity contribution in [3.8, 4) is 0 Å². The molecule has 2 aliphatic heterocycles. The summed E-state index contributed by atoms with van der Waals surface area (Å²) >= 11 is 0. The number of nitrogens with zero attached hydrogens (tertiary/aromatic N) is 3. The molecule has 114 valence electrons. The number of primary amides is 1. The lowest BCUT2D eigenvalue weighted by Crippen LogP contribution is -2.44. The standard InChI is InChI=1S/C15H22N4O2/c16-14(20)10-19-5-1-15(2-6-19)8-13(21-11-15)7-12-9-17-3-4-18-12/h3-4,9,13H,1-2,5-8,10-11H2,(H2,16,20). The molecule has 6 heteroatoms. The molecule has 21 heavy (non-hydrogen) atoms. The lowest BCUT2D eigenvalue weighted by molar-refractivity contribution is -0.119. The zero-order valence-corrected chi connectivity index (χ0v) is 12.2. The van der Waals surface area contributed by atoms with Gasteiger partial charge in [0.1, 0.15) is 0 Å². The van der Waals surface area contributed by atoms with E-state index in [1.54, 1.807) is 12.4 Å². The summed E-state index contributed by atoms with van der Waals surface area (Å²) in [6.45, 7) is 3.07. The number of rotatable bonds is 4. The van der Waals surface area contributed by atoms with Gasteiger partial charge in [0.15, 0.2) is 0 Å². The molecule has 2 fully saturated rings. The van der Waals surface area contributed by atoms with Crippen molar-refractivity contribution in [2.75, 3.05) is 26.2 Å². The number of carbonyl (C=O) groups is 1. The molecule has 1 unspecified atom stereocenters. The minimum absolute atomic E-state index is 0.240. The summed E-state index contributed by atoms with van der Waals surface area (Å²) < 4.78 is 5.99. The maximum atomic E-state index is 11.0. The van der Waals surface area contributed by atoms with E-state index < -0.39 is 0 Å². The van der Waals surface area contributed by atoms with Crippen molar-refractivity contribution >= 4 is 5.91 Å². The summed E-state index contributed by atoms with van der Waals surface area (Å²) in [5.74, 6) is -0.242. The Morgan fingerprint density at radius 3 is 2.90 bits per heavy atom. The van der Waals surface area contributed by atoms with Crippen LogP contribution in [-0.4, -0.2) is 53.1 Å². The molecule has 0 radical (unpaired) electrons. The van der Waals surface area contributed by atoms with Crippen molar-refractivity contribution in [2.45, 2.75) is 31.8 Å². The van der Waals surface area contributed by atoms with Crippen LogP contribution in [0.15, 0.2) is 18.6 Å². The third kappa shape index (κ3) is 3.57. The Labute approximate surface area is 124 Å². The van der Waals surface area contributed by atoms with E-state index in [0.29, 0.717) is 6.54 Å². The fourth-order valence-corrected chi connectivity index (χ4v) is 3.45. The van der Waals surface area contributed by atoms with Crippen molar-refractivity contribution in [3.05, 3.63) is 24.3 Å². The van der Waals surface area contributed by atoms with Gasteiger partial charge in [0, 0.05) is 25.0 Å². The molecule has 0 aliphatic carbocycles. The first-order chi connectivity index (χ1) is 10.2. The fraction of sp³-hybridized carbons (Fsp3) is 0.667. The van der Waals surface area contributed by atoms with E-state index in [-0.39, 0.29) is 17.4 Å². The number of nitrogens with two attached hydrogens (primary N) is 1. The second-order valence-corrected chi connectivity index (χ2v) is 6.28. The van der Waals surface area contributed by atoms with Gasteiger partial charge in [0.2, 0.25) is 5.91 Å². The first-order valence-corrected chi connectivity index (χ1v) is 7.52. The van der Waals surface area contributed by atoms with Crippen LogP contribution in [0.3, 0.4) is 0 Å². The molecule has 2 aliphatic rings. The summed E-state index contributed by atoms with van der Waals surface area (Å²) in [6.07, 6.45) is 9.54. The summed E-state index contributed by atoms with van der Waals surface area (Å²) in [4.78, 5) is 21.5. The lowest BCUT2D eigenvalue weighted by Gasteiger charge is -2.37. The van der Waals surface area contributed by atoms with Crippen LogP contribution >= 0.6 is 0 Å². The molecule has 2 N–H and O–H groups in total. The van der Waals surface area contributed by atoms with E-state index in [9.17, 15) is 4.79 Å². The van der Waals surface area contributed by atoms with Crippen LogP contribution < -0.4 is 5.73 Å². The van der Waals surface area contributed by atoms with E-state index in [2.05, 4.69) is 14.9 Å². The number of hydrogen-bond donors (Lipinski definition) is 1. The molecule has 0 aromatic carbocycles. The molecule has 6 nitrogen and oxygen atoms in total. The molecule has 1 aromatic heterocycles. The number of hydrogen-bond acceptors (Lipinski definition) is 5. The van der Waals surface area contributed by atoms with Crippen molar-refractivity contribution in [1.82, 2.24) is 14.9 Å². The van der Waals surface area contributed by atoms with Crippen LogP contribution in [-0.2, 0) is 16.0 Å². The molecular weight excluding hydrogens is 268 g/mol. The van der Waals surface area contributed by atoms with E-state index in [1.165, 1.54) is 0 Å². The predicted molar refractivity (Wildman–Crippen MR) is 77.4 cm³/mol. The summed E-state index contributed by atoms with van der Waals surface area (Å²) in [6, 6.07) is 0. The summed E-state index contributed by atoms with van der Waals surface area (Å²) in [5.41, 5.74) is 6.53. The Morgan fingerprint density at radius 1 is 1.43 bits per heavy atom. The van der Waals surface area contributed by atoms with Crippen molar-refractivity contribution in [3.63, 3.8) is 0 Å². The van der Waals surface area contributed by atoms with E-state index in [1.807, 2.05) is 6.20 Å². The first-order valence-electron chi connectivity index (χ1n) is 7.52. The van der Waals surface area contributed by atoms with Crippen molar-refractivity contribution in [1.29, 1.82) is 0 Å². The fourth-order valence-electron chi connectivity index (χ4n) is 3.45. The van der Waals surface area contributed by atoms with Crippen LogP contribution in [0, 0.1) is 5.41 Å². The van der Waals surface area contributed by atoms with E-state index >= 15 is 0 Å². The summed E-state index contributed by atoms with van der Waals surface area (Å²) in [7, 11) is 0. The second-order valence-electron chi connectivity index (χ2n) is 6.28. The Kier molecular flexibility index (Phi) is 4.17. The zero-order valence-electron chi connectivity index (χ0n) is 12.2. The Hall–Kier alpha value is -1.53. The van der Waals surface area contributed by atoms with Crippen LogP contribution in [0.2, 0.25) is 0 Å². The third-order valence-corrected chi connectivity index (χ3v) is 4.64. The average molecular weight is 290 g/mol. The Morgan fingerprint density at radius 2 is 2.24 bits per heavy atom. The van der Waals surface area contributed by atoms with Crippen LogP contribution in [0.1, 0.15) is 25.0 Å². The van der Waals surface area contributed by atoms with Crippen LogP contribution in [0.5, 0.6) is 0 Å². The molecule has 1 atom stereocenters. The molecule has 1 spiro atoms. The molecule has 3 rings (SSSR count). The number of amides is 1. The van der Waals surface area contributed by atoms with Crippen LogP contribution in [0.25, 0.3) is 0 Å². The van der Waals surface area contributed by atoms with Gasteiger partial charge in [-0.05, 0) is 37.8 Å². The topological polar surface area (TPSA) is 81.3 Å². The second kappa shape index (κ2) is 6.07. The minimum Gasteiger partial charge on any atom is -0.377 e. The molecule has 1 aromatic rings. The lowest BCUT2D eigenvalue weighted by atomic mass is 9.76. The molecule has 0 saturated carbocycles. The van der Waals surface area contributed by atoms with E-state index in [4.69, 9.17) is 10.5 Å². The number of likely N-dealkylation sites (tertiary alicyclic amines) is 1. The Balaban J connectivity index is 1.52. The maximum Gasteiger partial charge on any atom is 0.231 e. The highest BCUT2D eigenvalue weighted by Gasteiger charge is 2.42. The summed E-state index contributed by atoms with van der Waals surface area (Å²) in [5, 5.41) is 0. The largest absolute Gasteiger partial charge is 0.377 e. The molecular formula is C15H22N4O2. The van der Waals surface area contributed by atoms with Gasteiger partial charge in [-0.1, -0.05) is 0 Å². The number of piperidine rings is 1. The maximum absolute atomic E-state index is 11.0. The van der Waals surface area contributed by atoms with Gasteiger partial charge < -0.3 is 10.5 Å². The van der Waals surface area contributed by atoms with Crippen molar-refractivity contribution < 1.29 is 9.53 Å². The highest BCUT2D eigenvalue weighted by Crippen LogP contribution is 2.42. The molecule has 2 saturated heterocycles. The third-order valence-electron chi connectivity index (χ3n) is 4.64. The number of aromatic nitrogens is 2. The first kappa shape index (κ1) is 14.4. The van der Waals surface area contributed by atoms with Crippen molar-refractivity contribution in [2.24, 2.45) is 11.1 Å².